The van der Waals surface area contributed by atoms with Crippen molar-refractivity contribution in [3.8, 4) is 0 Å². The highest BCUT2D eigenvalue weighted by Crippen LogP contribution is 2.32. The van der Waals surface area contributed by atoms with Crippen molar-refractivity contribution in [1.29, 1.82) is 0 Å². The van der Waals surface area contributed by atoms with Crippen LogP contribution in [-0.2, 0) is 15.8 Å². The smallest absolute Gasteiger partial charge is 0.216 e. The standard InChI is InChI=1S/C12H17ClN2O2S.ClH/c13-11-4-2-1-3-10(11)8-18(16,17)15-12(7-14)9-5-6-9;/h1-4,9,12,15H,5-8,14H2;1H. The van der Waals surface area contributed by atoms with Gasteiger partial charge in [-0.05, 0) is 30.4 Å². The van der Waals surface area contributed by atoms with Crippen molar-refractivity contribution in [3.05, 3.63) is 34.9 Å². The first-order valence-corrected chi connectivity index (χ1v) is 7.98. The summed E-state index contributed by atoms with van der Waals surface area (Å²) in [6.07, 6.45) is 2.10. The maximum atomic E-state index is 12.0. The molecule has 4 nitrogen and oxygen atoms in total. The van der Waals surface area contributed by atoms with Crippen molar-refractivity contribution in [2.75, 3.05) is 6.54 Å². The highest BCUT2D eigenvalue weighted by molar-refractivity contribution is 7.88. The van der Waals surface area contributed by atoms with Crippen molar-refractivity contribution in [2.45, 2.75) is 24.6 Å². The number of nitrogens with one attached hydrogen (secondary N) is 1. The Bertz CT molecular complexity index is 518. The van der Waals surface area contributed by atoms with Gasteiger partial charge in [0.25, 0.3) is 0 Å². The van der Waals surface area contributed by atoms with E-state index in [0.29, 0.717) is 23.0 Å². The zero-order chi connectivity index (χ0) is 13.2. The van der Waals surface area contributed by atoms with Crippen LogP contribution in [-0.4, -0.2) is 21.0 Å². The topological polar surface area (TPSA) is 72.2 Å². The van der Waals surface area contributed by atoms with Crippen LogP contribution in [0.15, 0.2) is 24.3 Å². The summed E-state index contributed by atoms with van der Waals surface area (Å²) in [5, 5.41) is 0.471. The Hall–Kier alpha value is -0.330. The predicted molar refractivity (Wildman–Crippen MR) is 80.0 cm³/mol. The van der Waals surface area contributed by atoms with Gasteiger partial charge in [-0.3, -0.25) is 0 Å². The van der Waals surface area contributed by atoms with Gasteiger partial charge >= 0.3 is 0 Å². The molecule has 19 heavy (non-hydrogen) atoms. The van der Waals surface area contributed by atoms with Gasteiger partial charge in [0.1, 0.15) is 0 Å². The monoisotopic (exact) mass is 324 g/mol. The number of sulfonamides is 1. The normalized spacial score (nSPS) is 16.7. The predicted octanol–water partition coefficient (Wildman–Crippen LogP) is 1.92. The first-order valence-electron chi connectivity index (χ1n) is 5.95. The minimum Gasteiger partial charge on any atom is -0.329 e. The van der Waals surface area contributed by atoms with Crippen molar-refractivity contribution in [3.63, 3.8) is 0 Å². The van der Waals surface area contributed by atoms with Crippen molar-refractivity contribution < 1.29 is 8.42 Å². The quantitative estimate of drug-likeness (QED) is 0.839. The average Bonchev–Trinajstić information content (AvgIpc) is 3.13. The lowest BCUT2D eigenvalue weighted by molar-refractivity contribution is 0.518. The molecule has 1 saturated carbocycles. The Labute approximate surface area is 125 Å². The molecular formula is C12H18Cl2N2O2S. The molecule has 108 valence electrons. The van der Waals surface area contributed by atoms with Crippen molar-refractivity contribution >= 4 is 34.0 Å². The molecule has 0 heterocycles. The minimum atomic E-state index is -3.39. The SMILES string of the molecule is Cl.NCC(NS(=O)(=O)Cc1ccccc1Cl)C1CC1. The van der Waals surface area contributed by atoms with Crippen LogP contribution in [0.25, 0.3) is 0 Å². The number of benzene rings is 1. The van der Waals surface area contributed by atoms with Gasteiger partial charge in [-0.2, -0.15) is 0 Å². The van der Waals surface area contributed by atoms with E-state index in [4.69, 9.17) is 17.3 Å². The fourth-order valence-electron chi connectivity index (χ4n) is 1.93. The average molecular weight is 325 g/mol. The summed E-state index contributed by atoms with van der Waals surface area (Å²) < 4.78 is 26.7. The number of hydrogen-bond acceptors (Lipinski definition) is 3. The molecule has 0 aliphatic heterocycles. The molecule has 0 radical (unpaired) electrons. The van der Waals surface area contributed by atoms with Crippen LogP contribution in [0.3, 0.4) is 0 Å². The van der Waals surface area contributed by atoms with E-state index < -0.39 is 10.0 Å². The molecule has 0 aromatic heterocycles. The number of rotatable bonds is 6. The Kier molecular flexibility index (Phi) is 6.08. The van der Waals surface area contributed by atoms with Crippen LogP contribution in [0.1, 0.15) is 18.4 Å². The third-order valence-corrected chi connectivity index (χ3v) is 4.80. The zero-order valence-electron chi connectivity index (χ0n) is 10.4. The van der Waals surface area contributed by atoms with Gasteiger partial charge in [-0.15, -0.1) is 12.4 Å². The van der Waals surface area contributed by atoms with Crippen LogP contribution in [0.4, 0.5) is 0 Å². The van der Waals surface area contributed by atoms with E-state index in [1.807, 2.05) is 0 Å². The molecule has 0 saturated heterocycles. The van der Waals surface area contributed by atoms with E-state index >= 15 is 0 Å². The van der Waals surface area contributed by atoms with Gasteiger partial charge in [-0.25, -0.2) is 13.1 Å². The fraction of sp³-hybridized carbons (Fsp3) is 0.500. The van der Waals surface area contributed by atoms with E-state index in [1.165, 1.54) is 0 Å². The molecule has 2 rings (SSSR count). The molecule has 0 spiro atoms. The summed E-state index contributed by atoms with van der Waals surface area (Å²) in [4.78, 5) is 0. The van der Waals surface area contributed by atoms with Gasteiger partial charge in [-0.1, -0.05) is 29.8 Å². The molecule has 1 atom stereocenters. The summed E-state index contributed by atoms with van der Waals surface area (Å²) in [7, 11) is -3.39. The highest BCUT2D eigenvalue weighted by Gasteiger charge is 2.33. The summed E-state index contributed by atoms with van der Waals surface area (Å²) in [6.45, 7) is 0.340. The second kappa shape index (κ2) is 6.90. The van der Waals surface area contributed by atoms with E-state index in [2.05, 4.69) is 4.72 Å². The molecule has 3 N–H and O–H groups in total. The fourth-order valence-corrected chi connectivity index (χ4v) is 3.70. The number of hydrogen-bond donors (Lipinski definition) is 2. The van der Waals surface area contributed by atoms with Gasteiger partial charge in [0.15, 0.2) is 0 Å². The van der Waals surface area contributed by atoms with Gasteiger partial charge in [0, 0.05) is 17.6 Å². The third-order valence-electron chi connectivity index (χ3n) is 3.08. The lowest BCUT2D eigenvalue weighted by atomic mass is 10.2. The lowest BCUT2D eigenvalue weighted by Gasteiger charge is -2.16. The highest BCUT2D eigenvalue weighted by atomic mass is 35.5. The molecule has 1 unspecified atom stereocenters. The Balaban J connectivity index is 0.00000180. The van der Waals surface area contributed by atoms with E-state index in [1.54, 1.807) is 24.3 Å². The molecule has 0 amide bonds. The minimum absolute atomic E-state index is 0. The molecule has 1 aliphatic rings. The molecule has 0 bridgehead atoms. The van der Waals surface area contributed by atoms with Gasteiger partial charge < -0.3 is 5.73 Å². The van der Waals surface area contributed by atoms with E-state index in [0.717, 1.165) is 12.8 Å². The third kappa shape index (κ3) is 4.93. The maximum Gasteiger partial charge on any atom is 0.216 e. The van der Waals surface area contributed by atoms with E-state index in [-0.39, 0.29) is 24.2 Å². The van der Waals surface area contributed by atoms with Crippen LogP contribution in [0.2, 0.25) is 5.02 Å². The van der Waals surface area contributed by atoms with Gasteiger partial charge in [0.05, 0.1) is 5.75 Å². The summed E-state index contributed by atoms with van der Waals surface area (Å²) >= 11 is 5.96. The first kappa shape index (κ1) is 16.7. The first-order chi connectivity index (χ1) is 8.52. The Morgan fingerprint density at radius 3 is 2.53 bits per heavy atom. The van der Waals surface area contributed by atoms with Crippen LogP contribution >= 0.6 is 24.0 Å². The van der Waals surface area contributed by atoms with Crippen LogP contribution in [0.5, 0.6) is 0 Å². The van der Waals surface area contributed by atoms with Gasteiger partial charge in [0.2, 0.25) is 10.0 Å². The zero-order valence-corrected chi connectivity index (χ0v) is 12.8. The van der Waals surface area contributed by atoms with Crippen molar-refractivity contribution in [1.82, 2.24) is 4.72 Å². The summed E-state index contributed by atoms with van der Waals surface area (Å²) in [6, 6.07) is 6.82. The second-order valence-electron chi connectivity index (χ2n) is 4.65. The molecule has 1 aromatic carbocycles. The maximum absolute atomic E-state index is 12.0. The Morgan fingerprint density at radius 2 is 2.00 bits per heavy atom. The van der Waals surface area contributed by atoms with Crippen LogP contribution in [0, 0.1) is 5.92 Å². The molecule has 1 aliphatic carbocycles. The van der Waals surface area contributed by atoms with Crippen LogP contribution < -0.4 is 10.5 Å². The largest absolute Gasteiger partial charge is 0.329 e. The Morgan fingerprint density at radius 1 is 1.37 bits per heavy atom. The summed E-state index contributed by atoms with van der Waals surface area (Å²) in [5.74, 6) is 0.298. The molecule has 1 fully saturated rings. The number of halogens is 2. The van der Waals surface area contributed by atoms with E-state index in [9.17, 15) is 8.42 Å². The second-order valence-corrected chi connectivity index (χ2v) is 6.81. The lowest BCUT2D eigenvalue weighted by Crippen LogP contribution is -2.42. The molecule has 7 heteroatoms. The summed E-state index contributed by atoms with van der Waals surface area (Å²) in [5.41, 5.74) is 6.20. The molecule has 1 aromatic rings. The number of nitrogens with two attached hydrogens (primary N) is 1. The molecular weight excluding hydrogens is 307 g/mol. The van der Waals surface area contributed by atoms with Crippen molar-refractivity contribution in [2.24, 2.45) is 11.7 Å².